The summed E-state index contributed by atoms with van der Waals surface area (Å²) < 4.78 is 15.6. The molecule has 0 bridgehead atoms. The van der Waals surface area contributed by atoms with Crippen LogP contribution < -0.4 is 5.46 Å². The molecule has 20 heavy (non-hydrogen) atoms. The molecule has 0 fully saturated rings. The van der Waals surface area contributed by atoms with Crippen LogP contribution in [-0.4, -0.2) is 27.0 Å². The maximum atomic E-state index is 13.9. The third-order valence-corrected chi connectivity index (χ3v) is 3.41. The minimum absolute atomic E-state index is 0.00416. The standard InChI is InChI=1S/C13H10BClFN3O/c15-12-11-10(16)6-19(13(11)18-7-17-12)5-8-1-3-9(14-20)4-2-8/h1-4,6-7,14,20H,5H2. The van der Waals surface area contributed by atoms with Gasteiger partial charge in [0.15, 0.2) is 5.82 Å². The Bertz CT molecular complexity index is 760. The predicted octanol–water partition coefficient (Wildman–Crippen LogP) is 1.24. The number of fused-ring (bicyclic) bond motifs is 1. The lowest BCUT2D eigenvalue weighted by atomic mass is 9.88. The molecule has 0 saturated carbocycles. The highest BCUT2D eigenvalue weighted by Gasteiger charge is 2.13. The van der Waals surface area contributed by atoms with E-state index >= 15 is 0 Å². The van der Waals surface area contributed by atoms with Gasteiger partial charge in [-0.05, 0) is 5.56 Å². The van der Waals surface area contributed by atoms with Crippen molar-refractivity contribution in [2.24, 2.45) is 0 Å². The van der Waals surface area contributed by atoms with Gasteiger partial charge in [-0.15, -0.1) is 0 Å². The molecule has 0 aliphatic carbocycles. The SMILES string of the molecule is OBc1ccc(Cn2cc(F)c3c(Cl)ncnc32)cc1. The average Bonchev–Trinajstić information content (AvgIpc) is 2.77. The molecule has 7 heteroatoms. The monoisotopic (exact) mass is 289 g/mol. The van der Waals surface area contributed by atoms with E-state index in [1.165, 1.54) is 12.5 Å². The summed E-state index contributed by atoms with van der Waals surface area (Å²) in [4.78, 5) is 7.86. The fourth-order valence-corrected chi connectivity index (χ4v) is 2.33. The highest BCUT2D eigenvalue weighted by molar-refractivity contribution is 6.45. The van der Waals surface area contributed by atoms with Crippen LogP contribution >= 0.6 is 11.6 Å². The van der Waals surface area contributed by atoms with Crippen LogP contribution in [0.25, 0.3) is 11.0 Å². The van der Waals surface area contributed by atoms with Crippen LogP contribution in [-0.2, 0) is 6.54 Å². The Hall–Kier alpha value is -1.92. The summed E-state index contributed by atoms with van der Waals surface area (Å²) in [5, 5.41) is 9.36. The van der Waals surface area contributed by atoms with Gasteiger partial charge < -0.3 is 9.59 Å². The fourth-order valence-electron chi connectivity index (χ4n) is 2.11. The maximum absolute atomic E-state index is 13.9. The molecular weight excluding hydrogens is 279 g/mol. The second-order valence-electron chi connectivity index (χ2n) is 4.44. The van der Waals surface area contributed by atoms with Crippen molar-refractivity contribution in [1.29, 1.82) is 0 Å². The van der Waals surface area contributed by atoms with Crippen molar-refractivity contribution in [3.8, 4) is 0 Å². The van der Waals surface area contributed by atoms with E-state index < -0.39 is 5.82 Å². The molecule has 100 valence electrons. The van der Waals surface area contributed by atoms with Crippen molar-refractivity contribution in [2.45, 2.75) is 6.54 Å². The van der Waals surface area contributed by atoms with E-state index in [4.69, 9.17) is 16.6 Å². The molecule has 2 heterocycles. The van der Waals surface area contributed by atoms with Gasteiger partial charge >= 0.3 is 7.48 Å². The number of halogens is 2. The maximum Gasteiger partial charge on any atom is 0.304 e. The number of nitrogens with zero attached hydrogens (tertiary/aromatic N) is 3. The van der Waals surface area contributed by atoms with Gasteiger partial charge in [0, 0.05) is 12.7 Å². The Labute approximate surface area is 120 Å². The third-order valence-electron chi connectivity index (χ3n) is 3.12. The van der Waals surface area contributed by atoms with E-state index in [0.717, 1.165) is 11.0 Å². The van der Waals surface area contributed by atoms with E-state index in [-0.39, 0.29) is 18.0 Å². The number of hydrogen-bond acceptors (Lipinski definition) is 3. The summed E-state index contributed by atoms with van der Waals surface area (Å²) >= 11 is 5.89. The van der Waals surface area contributed by atoms with Gasteiger partial charge in [0.1, 0.15) is 17.1 Å². The summed E-state index contributed by atoms with van der Waals surface area (Å²) in [5.74, 6) is -0.433. The normalized spacial score (nSPS) is 10.9. The lowest BCUT2D eigenvalue weighted by Gasteiger charge is -2.05. The molecule has 0 unspecified atom stereocenters. The lowest BCUT2D eigenvalue weighted by Crippen LogP contribution is -2.12. The minimum atomic E-state index is -0.433. The summed E-state index contributed by atoms with van der Waals surface area (Å²) in [5.41, 5.74) is 2.28. The van der Waals surface area contributed by atoms with Crippen LogP contribution in [0.4, 0.5) is 4.39 Å². The van der Waals surface area contributed by atoms with Crippen molar-refractivity contribution in [2.75, 3.05) is 0 Å². The van der Waals surface area contributed by atoms with E-state index in [1.54, 1.807) is 4.57 Å². The van der Waals surface area contributed by atoms with Gasteiger partial charge in [0.2, 0.25) is 0 Å². The first-order chi connectivity index (χ1) is 9.69. The molecule has 0 aliphatic rings. The van der Waals surface area contributed by atoms with Crippen molar-refractivity contribution in [3.63, 3.8) is 0 Å². The second kappa shape index (κ2) is 5.23. The minimum Gasteiger partial charge on any atom is -0.449 e. The van der Waals surface area contributed by atoms with Crippen LogP contribution in [0.3, 0.4) is 0 Å². The van der Waals surface area contributed by atoms with Crippen LogP contribution in [0.5, 0.6) is 0 Å². The molecule has 1 aromatic carbocycles. The predicted molar refractivity (Wildman–Crippen MR) is 77.0 cm³/mol. The topological polar surface area (TPSA) is 50.9 Å². The molecule has 2 aromatic heterocycles. The largest absolute Gasteiger partial charge is 0.449 e. The Balaban J connectivity index is 2.00. The Morgan fingerprint density at radius 1 is 1.25 bits per heavy atom. The Morgan fingerprint density at radius 3 is 2.70 bits per heavy atom. The smallest absolute Gasteiger partial charge is 0.304 e. The summed E-state index contributed by atoms with van der Waals surface area (Å²) in [7, 11) is 0.00416. The van der Waals surface area contributed by atoms with Crippen molar-refractivity contribution >= 4 is 35.6 Å². The van der Waals surface area contributed by atoms with Gasteiger partial charge in [-0.25, -0.2) is 14.4 Å². The lowest BCUT2D eigenvalue weighted by molar-refractivity contribution is 0.615. The van der Waals surface area contributed by atoms with Crippen LogP contribution in [0.2, 0.25) is 5.15 Å². The van der Waals surface area contributed by atoms with Crippen molar-refractivity contribution in [1.82, 2.24) is 14.5 Å². The third kappa shape index (κ3) is 2.28. The number of rotatable bonds is 3. The Morgan fingerprint density at radius 2 is 2.00 bits per heavy atom. The molecule has 0 amide bonds. The van der Waals surface area contributed by atoms with Crippen molar-refractivity contribution in [3.05, 3.63) is 53.3 Å². The quantitative estimate of drug-likeness (QED) is 0.583. The first-order valence-corrected chi connectivity index (χ1v) is 6.40. The first-order valence-electron chi connectivity index (χ1n) is 6.02. The summed E-state index contributed by atoms with van der Waals surface area (Å²) in [6.45, 7) is 0.472. The molecule has 3 rings (SSSR count). The molecule has 0 atom stereocenters. The van der Waals surface area contributed by atoms with Gasteiger partial charge in [-0.2, -0.15) is 0 Å². The van der Waals surface area contributed by atoms with E-state index in [0.29, 0.717) is 12.2 Å². The van der Waals surface area contributed by atoms with Crippen LogP contribution in [0, 0.1) is 5.82 Å². The second-order valence-corrected chi connectivity index (χ2v) is 4.80. The highest BCUT2D eigenvalue weighted by atomic mass is 35.5. The molecule has 0 spiro atoms. The number of hydrogen-bond donors (Lipinski definition) is 1. The molecule has 4 nitrogen and oxygen atoms in total. The Kier molecular flexibility index (Phi) is 3.42. The summed E-state index contributed by atoms with van der Waals surface area (Å²) in [6, 6.07) is 7.44. The zero-order valence-corrected chi connectivity index (χ0v) is 11.2. The number of aromatic nitrogens is 3. The fraction of sp³-hybridized carbons (Fsp3) is 0.0769. The molecule has 0 radical (unpaired) electrons. The molecule has 1 N–H and O–H groups in total. The van der Waals surface area contributed by atoms with Crippen molar-refractivity contribution < 1.29 is 9.41 Å². The zero-order valence-electron chi connectivity index (χ0n) is 10.4. The van der Waals surface area contributed by atoms with Crippen LogP contribution in [0.15, 0.2) is 36.8 Å². The average molecular weight is 290 g/mol. The van der Waals surface area contributed by atoms with Gasteiger partial charge in [-0.3, -0.25) is 0 Å². The number of benzene rings is 1. The summed E-state index contributed by atoms with van der Waals surface area (Å²) in [6.07, 6.45) is 2.68. The zero-order chi connectivity index (χ0) is 14.1. The molecule has 0 aliphatic heterocycles. The van der Waals surface area contributed by atoms with Gasteiger partial charge in [0.25, 0.3) is 0 Å². The molecule has 0 saturated heterocycles. The van der Waals surface area contributed by atoms with Crippen LogP contribution in [0.1, 0.15) is 5.56 Å². The highest BCUT2D eigenvalue weighted by Crippen LogP contribution is 2.24. The molecule has 3 aromatic rings. The van der Waals surface area contributed by atoms with Gasteiger partial charge in [-0.1, -0.05) is 41.3 Å². The van der Waals surface area contributed by atoms with E-state index in [1.807, 2.05) is 24.3 Å². The van der Waals surface area contributed by atoms with E-state index in [9.17, 15) is 4.39 Å². The van der Waals surface area contributed by atoms with Gasteiger partial charge in [0.05, 0.1) is 5.39 Å². The van der Waals surface area contributed by atoms with E-state index in [2.05, 4.69) is 9.97 Å². The first kappa shape index (κ1) is 13.1. The molecular formula is C13H10BClFN3O.